The molecule has 1 aliphatic rings. The summed E-state index contributed by atoms with van der Waals surface area (Å²) >= 11 is 5.52. The summed E-state index contributed by atoms with van der Waals surface area (Å²) in [6, 6.07) is 0. The molecule has 1 rings (SSSR count). The molecule has 1 aliphatic heterocycles. The van der Waals surface area contributed by atoms with Crippen molar-refractivity contribution in [1.82, 2.24) is 0 Å². The van der Waals surface area contributed by atoms with E-state index in [2.05, 4.69) is 0 Å². The van der Waals surface area contributed by atoms with E-state index in [9.17, 15) is 8.42 Å². The maximum absolute atomic E-state index is 10.6. The van der Waals surface area contributed by atoms with Crippen LogP contribution in [0.25, 0.3) is 0 Å². The first kappa shape index (κ1) is 6.36. The molecular formula is C4H7ClO2S. The van der Waals surface area contributed by atoms with Crippen molar-refractivity contribution in [2.24, 2.45) is 0 Å². The van der Waals surface area contributed by atoms with Crippen LogP contribution in [0.3, 0.4) is 0 Å². The third-order valence-electron chi connectivity index (χ3n) is 1.18. The largest absolute Gasteiger partial charge is 0.229 e. The Kier molecular flexibility index (Phi) is 1.50. The van der Waals surface area contributed by atoms with E-state index < -0.39 is 9.84 Å². The van der Waals surface area contributed by atoms with E-state index in [-0.39, 0.29) is 16.9 Å². The first-order valence-corrected chi connectivity index (χ1v) is 4.70. The maximum atomic E-state index is 10.6. The maximum Gasteiger partial charge on any atom is 0.151 e. The molecule has 0 unspecified atom stereocenters. The summed E-state index contributed by atoms with van der Waals surface area (Å²) in [5, 5.41) is -0.125. The van der Waals surface area contributed by atoms with Crippen molar-refractivity contribution in [3.05, 3.63) is 0 Å². The Labute approximate surface area is 53.8 Å². The van der Waals surface area contributed by atoms with Crippen molar-refractivity contribution in [2.75, 3.05) is 11.5 Å². The fraction of sp³-hybridized carbons (Fsp3) is 1.00. The Hall–Kier alpha value is 0.240. The third kappa shape index (κ3) is 1.36. The highest BCUT2D eigenvalue weighted by Crippen LogP contribution is 2.15. The minimum atomic E-state index is -2.73. The van der Waals surface area contributed by atoms with Crippen LogP contribution in [0.4, 0.5) is 0 Å². The van der Waals surface area contributed by atoms with Gasteiger partial charge in [0.2, 0.25) is 0 Å². The minimum absolute atomic E-state index is 0.125. The molecule has 0 aliphatic carbocycles. The van der Waals surface area contributed by atoms with Gasteiger partial charge in [0.15, 0.2) is 9.84 Å². The van der Waals surface area contributed by atoms with E-state index >= 15 is 0 Å². The normalized spacial score (nSPS) is 35.4. The molecule has 0 bridgehead atoms. The fourth-order valence-electron chi connectivity index (χ4n) is 0.750. The molecule has 0 aromatic carbocycles. The summed E-state index contributed by atoms with van der Waals surface area (Å²) in [5.41, 5.74) is 0. The Balaban J connectivity index is 2.71. The minimum Gasteiger partial charge on any atom is -0.229 e. The molecule has 1 heterocycles. The number of alkyl halides is 1. The molecule has 4 heteroatoms. The average molecular weight is 155 g/mol. The molecule has 1 atom stereocenters. The molecule has 0 amide bonds. The fourth-order valence-corrected chi connectivity index (χ4v) is 3.09. The van der Waals surface area contributed by atoms with Gasteiger partial charge in [0.05, 0.1) is 11.5 Å². The van der Waals surface area contributed by atoms with Gasteiger partial charge in [0, 0.05) is 5.38 Å². The van der Waals surface area contributed by atoms with Crippen LogP contribution in [0.2, 0.25) is 0 Å². The second kappa shape index (κ2) is 1.88. The van der Waals surface area contributed by atoms with Gasteiger partial charge in [-0.3, -0.25) is 0 Å². The van der Waals surface area contributed by atoms with Gasteiger partial charge >= 0.3 is 0 Å². The number of hydrogen-bond donors (Lipinski definition) is 0. The quantitative estimate of drug-likeness (QED) is 0.474. The molecule has 0 aromatic rings. The van der Waals surface area contributed by atoms with Crippen LogP contribution in [0, 0.1) is 0 Å². The summed E-state index contributed by atoms with van der Waals surface area (Å²) in [5.74, 6) is 0.454. The van der Waals surface area contributed by atoms with Crippen molar-refractivity contribution in [3.8, 4) is 0 Å². The molecule has 48 valence electrons. The Morgan fingerprint density at radius 3 is 2.25 bits per heavy atom. The van der Waals surface area contributed by atoms with Crippen LogP contribution in [0.5, 0.6) is 0 Å². The van der Waals surface area contributed by atoms with E-state index in [4.69, 9.17) is 11.6 Å². The summed E-state index contributed by atoms with van der Waals surface area (Å²) < 4.78 is 21.1. The third-order valence-corrected chi connectivity index (χ3v) is 3.50. The first-order valence-electron chi connectivity index (χ1n) is 2.45. The van der Waals surface area contributed by atoms with Crippen LogP contribution < -0.4 is 0 Å². The summed E-state index contributed by atoms with van der Waals surface area (Å²) in [4.78, 5) is 0. The van der Waals surface area contributed by atoms with Gasteiger partial charge in [-0.25, -0.2) is 8.42 Å². The van der Waals surface area contributed by atoms with Crippen molar-refractivity contribution < 1.29 is 8.42 Å². The standard InChI is InChI=1S/C4H7ClO2S/c5-4-1-2-8(6,7)3-4/h4H,1-3H2/t4-/m0/s1. The number of rotatable bonds is 0. The Morgan fingerprint density at radius 2 is 2.12 bits per heavy atom. The molecule has 0 aromatic heterocycles. The zero-order chi connectivity index (χ0) is 6.20. The van der Waals surface area contributed by atoms with E-state index in [1.807, 2.05) is 0 Å². The Morgan fingerprint density at radius 1 is 1.50 bits per heavy atom. The van der Waals surface area contributed by atoms with Crippen LogP contribution in [0.1, 0.15) is 6.42 Å². The molecule has 0 spiro atoms. The molecule has 0 saturated carbocycles. The molecule has 0 N–H and O–H groups in total. The smallest absolute Gasteiger partial charge is 0.151 e. The molecular weight excluding hydrogens is 148 g/mol. The molecule has 1 saturated heterocycles. The van der Waals surface area contributed by atoms with Crippen LogP contribution in [-0.4, -0.2) is 25.3 Å². The van der Waals surface area contributed by atoms with E-state index in [0.717, 1.165) is 0 Å². The van der Waals surface area contributed by atoms with E-state index in [1.165, 1.54) is 0 Å². The first-order chi connectivity index (χ1) is 3.60. The number of halogens is 1. The van der Waals surface area contributed by atoms with E-state index in [1.54, 1.807) is 0 Å². The summed E-state index contributed by atoms with van der Waals surface area (Å²) in [7, 11) is -2.73. The topological polar surface area (TPSA) is 34.1 Å². The lowest BCUT2D eigenvalue weighted by molar-refractivity contribution is 0.602. The lowest BCUT2D eigenvalue weighted by atomic mass is 10.4. The monoisotopic (exact) mass is 154 g/mol. The van der Waals surface area contributed by atoms with Gasteiger partial charge in [-0.05, 0) is 6.42 Å². The van der Waals surface area contributed by atoms with Gasteiger partial charge in [-0.2, -0.15) is 0 Å². The second-order valence-corrected chi connectivity index (χ2v) is 4.85. The average Bonchev–Trinajstić information content (AvgIpc) is 1.82. The SMILES string of the molecule is O=S1(=O)CC[C@H](Cl)C1. The predicted molar refractivity (Wildman–Crippen MR) is 32.9 cm³/mol. The van der Waals surface area contributed by atoms with Crippen LogP contribution >= 0.6 is 11.6 Å². The highest BCUT2D eigenvalue weighted by atomic mass is 35.5. The number of sulfone groups is 1. The lowest BCUT2D eigenvalue weighted by Crippen LogP contribution is -2.03. The molecule has 2 nitrogen and oxygen atoms in total. The van der Waals surface area contributed by atoms with Gasteiger partial charge in [-0.15, -0.1) is 11.6 Å². The Bertz CT molecular complexity index is 172. The van der Waals surface area contributed by atoms with Gasteiger partial charge in [-0.1, -0.05) is 0 Å². The van der Waals surface area contributed by atoms with Gasteiger partial charge < -0.3 is 0 Å². The molecule has 1 fully saturated rings. The highest BCUT2D eigenvalue weighted by molar-refractivity contribution is 7.91. The van der Waals surface area contributed by atoms with Crippen LogP contribution in [0.15, 0.2) is 0 Å². The van der Waals surface area contributed by atoms with Crippen molar-refractivity contribution >= 4 is 21.4 Å². The van der Waals surface area contributed by atoms with E-state index in [0.29, 0.717) is 6.42 Å². The lowest BCUT2D eigenvalue weighted by Gasteiger charge is -1.87. The zero-order valence-corrected chi connectivity index (χ0v) is 5.87. The number of hydrogen-bond acceptors (Lipinski definition) is 2. The van der Waals surface area contributed by atoms with Gasteiger partial charge in [0.1, 0.15) is 0 Å². The van der Waals surface area contributed by atoms with Crippen molar-refractivity contribution in [3.63, 3.8) is 0 Å². The molecule has 8 heavy (non-hydrogen) atoms. The molecule has 0 radical (unpaired) electrons. The highest BCUT2D eigenvalue weighted by Gasteiger charge is 2.25. The van der Waals surface area contributed by atoms with Gasteiger partial charge in [0.25, 0.3) is 0 Å². The van der Waals surface area contributed by atoms with Crippen LogP contribution in [-0.2, 0) is 9.84 Å². The summed E-state index contributed by atoms with van der Waals surface area (Å²) in [6.07, 6.45) is 0.629. The predicted octanol–water partition coefficient (Wildman–Crippen LogP) is 0.412. The zero-order valence-electron chi connectivity index (χ0n) is 4.30. The summed E-state index contributed by atoms with van der Waals surface area (Å²) in [6.45, 7) is 0. The van der Waals surface area contributed by atoms with Crippen molar-refractivity contribution in [2.45, 2.75) is 11.8 Å². The second-order valence-electron chi connectivity index (χ2n) is 2.00. The van der Waals surface area contributed by atoms with Crippen molar-refractivity contribution in [1.29, 1.82) is 0 Å².